The topological polar surface area (TPSA) is 69.7 Å². The molecule has 178 valence electrons. The van der Waals surface area contributed by atoms with Crippen LogP contribution in [-0.4, -0.2) is 49.6 Å². The first kappa shape index (κ1) is 26.4. The third-order valence-corrected chi connectivity index (χ3v) is 11.4. The van der Waals surface area contributed by atoms with Crippen LogP contribution in [0.4, 0.5) is 0 Å². The smallest absolute Gasteiger partial charge is 0.379 e. The molecule has 1 fully saturated rings. The Morgan fingerprint density at radius 1 is 0.938 bits per heavy atom. The number of hydrogen-bond donors (Lipinski definition) is 0. The maximum atomic E-state index is 13.3. The van der Waals surface area contributed by atoms with Crippen molar-refractivity contribution < 1.29 is 23.9 Å². The lowest BCUT2D eigenvalue weighted by Crippen LogP contribution is -2.38. The van der Waals surface area contributed by atoms with E-state index in [1.54, 1.807) is 0 Å². The molecule has 6 heteroatoms. The first-order chi connectivity index (χ1) is 14.6. The minimum Gasteiger partial charge on any atom is -0.465 e. The Balaban J connectivity index is 3.14. The van der Waals surface area contributed by atoms with Gasteiger partial charge in [0.05, 0.1) is 14.2 Å². The Hall–Kier alpha value is -1.87. The zero-order valence-electron chi connectivity index (χ0n) is 21.3. The summed E-state index contributed by atoms with van der Waals surface area (Å²) >= 11 is 0. The molecular weight excluding hydrogens is 423 g/mol. The van der Waals surface area contributed by atoms with E-state index in [0.717, 1.165) is 22.9 Å². The van der Waals surface area contributed by atoms with Crippen LogP contribution in [0.15, 0.2) is 12.1 Å². The van der Waals surface area contributed by atoms with Crippen molar-refractivity contribution >= 4 is 35.2 Å². The number of hydrogen-bond acceptors (Lipinski definition) is 5. The van der Waals surface area contributed by atoms with Crippen molar-refractivity contribution in [2.24, 2.45) is 5.92 Å². The van der Waals surface area contributed by atoms with Crippen LogP contribution in [0.1, 0.15) is 71.6 Å². The summed E-state index contributed by atoms with van der Waals surface area (Å²) < 4.78 is 9.84. The number of benzene rings is 1. The maximum Gasteiger partial charge on any atom is 0.379 e. The predicted octanol–water partition coefficient (Wildman–Crippen LogP) is 4.36. The Morgan fingerprint density at radius 2 is 1.50 bits per heavy atom. The Bertz CT molecular complexity index is 989. The molecule has 5 nitrogen and oxygen atoms in total. The molecule has 1 saturated heterocycles. The van der Waals surface area contributed by atoms with Gasteiger partial charge in [0.25, 0.3) is 5.78 Å². The summed E-state index contributed by atoms with van der Waals surface area (Å²) in [5.41, 5.74) is 3.17. The van der Waals surface area contributed by atoms with Gasteiger partial charge in [0, 0.05) is 0 Å². The summed E-state index contributed by atoms with van der Waals surface area (Å²) in [5.74, 6) is -2.24. The van der Waals surface area contributed by atoms with Crippen molar-refractivity contribution in [3.63, 3.8) is 0 Å². The third-order valence-electron chi connectivity index (χ3n) is 6.42. The highest BCUT2D eigenvalue weighted by molar-refractivity contribution is 7.86. The summed E-state index contributed by atoms with van der Waals surface area (Å²) in [7, 11) is 2.44. The summed E-state index contributed by atoms with van der Waals surface area (Å²) in [4.78, 5) is 38.7. The molecule has 32 heavy (non-hydrogen) atoms. The fourth-order valence-electron chi connectivity index (χ4n) is 4.77. The van der Waals surface area contributed by atoms with E-state index in [9.17, 15) is 14.4 Å². The van der Waals surface area contributed by atoms with Gasteiger partial charge in [-0.2, -0.15) is 0 Å². The van der Waals surface area contributed by atoms with Crippen LogP contribution in [0, 0.1) is 12.8 Å². The molecule has 1 aliphatic heterocycles. The lowest BCUT2D eigenvalue weighted by Gasteiger charge is -2.35. The van der Waals surface area contributed by atoms with Crippen LogP contribution in [-0.2, 0) is 34.7 Å². The number of rotatable bonds is 4. The lowest BCUT2D eigenvalue weighted by molar-refractivity contribution is -0.149. The van der Waals surface area contributed by atoms with E-state index in [2.05, 4.69) is 67.5 Å². The second-order valence-electron chi connectivity index (χ2n) is 11.1. The van der Waals surface area contributed by atoms with Crippen LogP contribution in [0.25, 0.3) is 0 Å². The minimum absolute atomic E-state index is 0.00769. The highest BCUT2D eigenvalue weighted by atomic mass is 31.2. The van der Waals surface area contributed by atoms with E-state index in [4.69, 9.17) is 9.47 Å². The van der Waals surface area contributed by atoms with Crippen LogP contribution < -0.4 is 5.30 Å². The van der Waals surface area contributed by atoms with Gasteiger partial charge in [-0.15, -0.1) is 0 Å². The van der Waals surface area contributed by atoms with Gasteiger partial charge >= 0.3 is 11.9 Å². The van der Waals surface area contributed by atoms with E-state index in [-0.39, 0.29) is 16.1 Å². The summed E-state index contributed by atoms with van der Waals surface area (Å²) in [6.07, 6.45) is 2.31. The van der Waals surface area contributed by atoms with Crippen molar-refractivity contribution in [1.29, 1.82) is 0 Å². The zero-order valence-corrected chi connectivity index (χ0v) is 22.2. The van der Waals surface area contributed by atoms with E-state index < -0.39 is 24.6 Å². The molecular formula is C26H39O5P. The molecule has 0 amide bonds. The van der Waals surface area contributed by atoms with Crippen molar-refractivity contribution in [1.82, 2.24) is 0 Å². The molecule has 0 aromatic heterocycles. The number of ketones is 1. The second kappa shape index (κ2) is 9.17. The summed E-state index contributed by atoms with van der Waals surface area (Å²) in [5, 5.41) is 1.09. The predicted molar refractivity (Wildman–Crippen MR) is 133 cm³/mol. The summed E-state index contributed by atoms with van der Waals surface area (Å²) in [6.45, 7) is 14.7. The number of carbonyl (C=O) groups excluding carboxylic acids is 3. The van der Waals surface area contributed by atoms with Gasteiger partial charge in [-0.3, -0.25) is 4.79 Å². The second-order valence-corrected chi connectivity index (χ2v) is 14.8. The van der Waals surface area contributed by atoms with Gasteiger partial charge in [0.1, 0.15) is 5.29 Å². The van der Waals surface area contributed by atoms with Gasteiger partial charge < -0.3 is 9.47 Å². The molecule has 1 aromatic rings. The molecule has 0 saturated carbocycles. The van der Waals surface area contributed by atoms with Gasteiger partial charge in [0.2, 0.25) is 0 Å². The van der Waals surface area contributed by atoms with Crippen molar-refractivity contribution in [2.75, 3.05) is 26.5 Å². The van der Waals surface area contributed by atoms with E-state index in [1.165, 1.54) is 19.8 Å². The number of ether oxygens (including phenoxy) is 2. The van der Waals surface area contributed by atoms with Crippen LogP contribution in [0.3, 0.4) is 0 Å². The fraction of sp³-hybridized carbons (Fsp3) is 0.615. The first-order valence-corrected chi connectivity index (χ1v) is 13.4. The van der Waals surface area contributed by atoms with Gasteiger partial charge in [-0.25, -0.2) is 9.59 Å². The highest BCUT2D eigenvalue weighted by Crippen LogP contribution is 2.58. The Morgan fingerprint density at radius 3 is 1.91 bits per heavy atom. The lowest BCUT2D eigenvalue weighted by atomic mass is 9.79. The highest BCUT2D eigenvalue weighted by Gasteiger charge is 2.44. The Kier molecular flexibility index (Phi) is 7.56. The van der Waals surface area contributed by atoms with Gasteiger partial charge in [-0.1, -0.05) is 67.5 Å². The minimum atomic E-state index is -2.51. The number of aryl methyl sites for hydroxylation is 1. The van der Waals surface area contributed by atoms with Crippen molar-refractivity contribution in [2.45, 2.75) is 72.6 Å². The summed E-state index contributed by atoms with van der Waals surface area (Å²) in [6, 6.07) is 4.43. The zero-order chi connectivity index (χ0) is 24.6. The Labute approximate surface area is 193 Å². The average molecular weight is 463 g/mol. The standard InChI is InChI=1S/C26H39O5P/c1-16-11-12-32(15-16,22(24(29)31-10)20(27)23(28)30-9)21-17(2)13-18(25(3,4)5)14-19(21)26(6,7)8/h13-14,16H,11-12,15H2,1-10H3. The molecule has 0 N–H and O–H groups in total. The molecule has 2 atom stereocenters. The molecule has 2 rings (SSSR count). The average Bonchev–Trinajstić information content (AvgIpc) is 3.06. The number of esters is 2. The van der Waals surface area contributed by atoms with Crippen LogP contribution in [0.2, 0.25) is 0 Å². The number of methoxy groups -OCH3 is 2. The van der Waals surface area contributed by atoms with E-state index >= 15 is 0 Å². The van der Waals surface area contributed by atoms with Crippen molar-refractivity contribution in [3.8, 4) is 0 Å². The van der Waals surface area contributed by atoms with E-state index in [1.807, 2.05) is 0 Å². The van der Waals surface area contributed by atoms with Crippen LogP contribution in [0.5, 0.6) is 0 Å². The maximum absolute atomic E-state index is 13.3. The molecule has 0 radical (unpaired) electrons. The molecule has 0 aliphatic carbocycles. The normalized spacial score (nSPS) is 21.2. The molecule has 2 unspecified atom stereocenters. The molecule has 0 spiro atoms. The SMILES string of the molecule is COC(=O)C(=O)C(C(=O)OC)=P1(c2c(C)cc(C(C)(C)C)cc2C(C)(C)C)CCC(C)C1. The van der Waals surface area contributed by atoms with Gasteiger partial charge in [0.15, 0.2) is 0 Å². The fourth-order valence-corrected chi connectivity index (χ4v) is 10.6. The largest absolute Gasteiger partial charge is 0.465 e. The van der Waals surface area contributed by atoms with Crippen LogP contribution >= 0.6 is 6.89 Å². The van der Waals surface area contributed by atoms with Gasteiger partial charge in [-0.05, 0) is 64.4 Å². The van der Waals surface area contributed by atoms with E-state index in [0.29, 0.717) is 18.2 Å². The molecule has 1 heterocycles. The monoisotopic (exact) mass is 462 g/mol. The molecule has 1 aromatic carbocycles. The number of carbonyl (C=O) groups is 3. The van der Waals surface area contributed by atoms with Crippen molar-refractivity contribution in [3.05, 3.63) is 28.8 Å². The first-order valence-electron chi connectivity index (χ1n) is 11.2. The molecule has 0 bridgehead atoms. The quantitative estimate of drug-likeness (QED) is 0.288. The molecule has 1 aliphatic rings. The third kappa shape index (κ3) is 4.88. The number of Topliss-reactive ketones (excluding diaryl/α,β-unsaturated/α-hetero) is 1.